The van der Waals surface area contributed by atoms with Crippen molar-refractivity contribution in [1.29, 1.82) is 0 Å². The molecule has 4 nitrogen and oxygen atoms in total. The van der Waals surface area contributed by atoms with Crippen LogP contribution in [0.15, 0.2) is 12.4 Å². The molecular formula is C10H19N3O. The maximum absolute atomic E-state index is 4.98. The summed E-state index contributed by atoms with van der Waals surface area (Å²) < 4.78 is 6.97. The lowest BCUT2D eigenvalue weighted by molar-refractivity contribution is 0.191. The Bertz CT molecular complexity index is 247. The molecule has 0 spiro atoms. The Morgan fingerprint density at radius 2 is 2.36 bits per heavy atom. The van der Waals surface area contributed by atoms with Crippen LogP contribution >= 0.6 is 0 Å². The lowest BCUT2D eigenvalue weighted by Crippen LogP contribution is -2.04. The minimum Gasteiger partial charge on any atom is -0.385 e. The maximum Gasteiger partial charge on any atom is 0.0534 e. The summed E-state index contributed by atoms with van der Waals surface area (Å²) in [4.78, 5) is 0. The van der Waals surface area contributed by atoms with Gasteiger partial charge in [0.1, 0.15) is 0 Å². The molecule has 0 aliphatic heterocycles. The van der Waals surface area contributed by atoms with Gasteiger partial charge in [0.05, 0.1) is 6.20 Å². The molecule has 0 aliphatic rings. The topological polar surface area (TPSA) is 39.1 Å². The number of nitrogens with one attached hydrogen (secondary N) is 1. The van der Waals surface area contributed by atoms with Gasteiger partial charge in [-0.2, -0.15) is 5.10 Å². The van der Waals surface area contributed by atoms with E-state index in [-0.39, 0.29) is 0 Å². The molecule has 4 heteroatoms. The second-order valence-corrected chi connectivity index (χ2v) is 3.34. The van der Waals surface area contributed by atoms with E-state index in [0.29, 0.717) is 0 Å². The molecule has 1 aromatic heterocycles. The van der Waals surface area contributed by atoms with Gasteiger partial charge in [-0.3, -0.25) is 4.68 Å². The van der Waals surface area contributed by atoms with Crippen molar-refractivity contribution in [3.63, 3.8) is 0 Å². The van der Waals surface area contributed by atoms with E-state index in [9.17, 15) is 0 Å². The third-order valence-corrected chi connectivity index (χ3v) is 2.05. The normalized spacial score (nSPS) is 10.7. The molecule has 0 unspecified atom stereocenters. The van der Waals surface area contributed by atoms with Gasteiger partial charge in [-0.25, -0.2) is 0 Å². The van der Waals surface area contributed by atoms with E-state index in [2.05, 4.69) is 16.6 Å². The Balaban J connectivity index is 2.22. The fourth-order valence-electron chi connectivity index (χ4n) is 1.34. The predicted molar refractivity (Wildman–Crippen MR) is 56.1 cm³/mol. The van der Waals surface area contributed by atoms with Gasteiger partial charge in [0.25, 0.3) is 0 Å². The van der Waals surface area contributed by atoms with Crippen molar-refractivity contribution in [3.05, 3.63) is 18.0 Å². The fourth-order valence-corrected chi connectivity index (χ4v) is 1.34. The molecule has 0 aromatic carbocycles. The molecule has 1 heterocycles. The summed E-state index contributed by atoms with van der Waals surface area (Å²) in [5.41, 5.74) is 1.24. The molecule has 80 valence electrons. The molecule has 0 radical (unpaired) electrons. The first-order valence-electron chi connectivity index (χ1n) is 5.01. The summed E-state index contributed by atoms with van der Waals surface area (Å²) in [5, 5.41) is 7.37. The van der Waals surface area contributed by atoms with E-state index < -0.39 is 0 Å². The molecule has 0 aliphatic carbocycles. The van der Waals surface area contributed by atoms with Crippen molar-refractivity contribution in [2.45, 2.75) is 25.9 Å². The van der Waals surface area contributed by atoms with Crippen LogP contribution in [0.3, 0.4) is 0 Å². The van der Waals surface area contributed by atoms with Crippen molar-refractivity contribution >= 4 is 0 Å². The van der Waals surface area contributed by atoms with Gasteiger partial charge in [-0.05, 0) is 19.9 Å². The second kappa shape index (κ2) is 6.56. The maximum atomic E-state index is 4.98. The van der Waals surface area contributed by atoms with Crippen molar-refractivity contribution < 1.29 is 4.74 Å². The zero-order chi connectivity index (χ0) is 10.2. The van der Waals surface area contributed by atoms with Crippen LogP contribution in [0.1, 0.15) is 18.4 Å². The van der Waals surface area contributed by atoms with Crippen LogP contribution in [0.5, 0.6) is 0 Å². The number of nitrogens with zero attached hydrogens (tertiary/aromatic N) is 2. The van der Waals surface area contributed by atoms with Crippen LogP contribution in [-0.2, 0) is 17.8 Å². The quantitative estimate of drug-likeness (QED) is 0.664. The molecular weight excluding hydrogens is 178 g/mol. The third kappa shape index (κ3) is 3.89. The summed E-state index contributed by atoms with van der Waals surface area (Å²) in [6.07, 6.45) is 6.21. The highest BCUT2D eigenvalue weighted by Gasteiger charge is 1.96. The van der Waals surface area contributed by atoms with Gasteiger partial charge in [0, 0.05) is 38.6 Å². The van der Waals surface area contributed by atoms with Gasteiger partial charge in [-0.15, -0.1) is 0 Å². The van der Waals surface area contributed by atoms with Crippen LogP contribution in [0.25, 0.3) is 0 Å². The molecule has 0 bridgehead atoms. The molecule has 14 heavy (non-hydrogen) atoms. The number of hydrogen-bond donors (Lipinski definition) is 1. The first-order valence-corrected chi connectivity index (χ1v) is 5.01. The second-order valence-electron chi connectivity index (χ2n) is 3.34. The molecule has 0 fully saturated rings. The molecule has 1 rings (SSSR count). The number of rotatable bonds is 7. The monoisotopic (exact) mass is 197 g/mol. The van der Waals surface area contributed by atoms with Crippen LogP contribution < -0.4 is 5.32 Å². The number of aromatic nitrogens is 2. The fraction of sp³-hybridized carbons (Fsp3) is 0.700. The van der Waals surface area contributed by atoms with E-state index in [1.807, 2.05) is 17.9 Å². The van der Waals surface area contributed by atoms with Crippen molar-refractivity contribution in [2.24, 2.45) is 0 Å². The summed E-state index contributed by atoms with van der Waals surface area (Å²) >= 11 is 0. The van der Waals surface area contributed by atoms with E-state index in [1.165, 1.54) is 5.56 Å². The van der Waals surface area contributed by atoms with E-state index >= 15 is 0 Å². The first-order chi connectivity index (χ1) is 6.86. The summed E-state index contributed by atoms with van der Waals surface area (Å²) in [5.74, 6) is 0. The first kappa shape index (κ1) is 11.2. The number of unbranched alkanes of at least 4 members (excludes halogenated alkanes) is 1. The van der Waals surface area contributed by atoms with Crippen molar-refractivity contribution in [3.8, 4) is 0 Å². The number of hydrogen-bond acceptors (Lipinski definition) is 3. The smallest absolute Gasteiger partial charge is 0.0534 e. The summed E-state index contributed by atoms with van der Waals surface area (Å²) in [6, 6.07) is 0. The highest BCUT2D eigenvalue weighted by atomic mass is 16.5. The molecule has 1 N–H and O–H groups in total. The molecule has 0 amide bonds. The zero-order valence-corrected chi connectivity index (χ0v) is 8.99. The van der Waals surface area contributed by atoms with Crippen LogP contribution in [0, 0.1) is 0 Å². The van der Waals surface area contributed by atoms with E-state index in [1.54, 1.807) is 7.11 Å². The number of methoxy groups -OCH3 is 1. The third-order valence-electron chi connectivity index (χ3n) is 2.05. The molecule has 0 saturated heterocycles. The van der Waals surface area contributed by atoms with Crippen LogP contribution in [0.4, 0.5) is 0 Å². The zero-order valence-electron chi connectivity index (χ0n) is 8.99. The Labute approximate surface area is 85.3 Å². The van der Waals surface area contributed by atoms with Gasteiger partial charge < -0.3 is 10.1 Å². The average Bonchev–Trinajstić information content (AvgIpc) is 2.61. The Kier molecular flexibility index (Phi) is 5.25. The number of ether oxygens (including phenoxy) is 1. The van der Waals surface area contributed by atoms with Gasteiger partial charge in [0.15, 0.2) is 0 Å². The summed E-state index contributed by atoms with van der Waals surface area (Å²) in [7, 11) is 3.68. The van der Waals surface area contributed by atoms with Gasteiger partial charge in [-0.1, -0.05) is 0 Å². The van der Waals surface area contributed by atoms with Crippen LogP contribution in [-0.4, -0.2) is 30.5 Å². The average molecular weight is 197 g/mol. The van der Waals surface area contributed by atoms with Crippen molar-refractivity contribution in [2.75, 3.05) is 20.8 Å². The highest BCUT2D eigenvalue weighted by molar-refractivity contribution is 5.02. The predicted octanol–water partition coefficient (Wildman–Crippen LogP) is 1.03. The molecule has 1 aromatic rings. The lowest BCUT2D eigenvalue weighted by Gasteiger charge is -2.00. The number of aryl methyl sites for hydroxylation is 1. The SMILES string of the molecule is CNCc1cnn(CCCCOC)c1. The largest absolute Gasteiger partial charge is 0.385 e. The standard InChI is InChI=1S/C10H19N3O/c1-11-7-10-8-12-13(9-10)5-3-4-6-14-2/h8-9,11H,3-7H2,1-2H3. The minimum absolute atomic E-state index is 0.838. The summed E-state index contributed by atoms with van der Waals surface area (Å²) in [6.45, 7) is 2.70. The van der Waals surface area contributed by atoms with E-state index in [0.717, 1.165) is 32.5 Å². The minimum atomic E-state index is 0.838. The van der Waals surface area contributed by atoms with Crippen LogP contribution in [0.2, 0.25) is 0 Å². The van der Waals surface area contributed by atoms with Crippen molar-refractivity contribution in [1.82, 2.24) is 15.1 Å². The van der Waals surface area contributed by atoms with Gasteiger partial charge in [0.2, 0.25) is 0 Å². The molecule has 0 atom stereocenters. The Morgan fingerprint density at radius 1 is 1.50 bits per heavy atom. The van der Waals surface area contributed by atoms with Gasteiger partial charge >= 0.3 is 0 Å². The highest BCUT2D eigenvalue weighted by Crippen LogP contribution is 1.99. The lowest BCUT2D eigenvalue weighted by atomic mass is 10.3. The Morgan fingerprint density at radius 3 is 3.07 bits per heavy atom. The Hall–Kier alpha value is -0.870. The molecule has 0 saturated carbocycles. The van der Waals surface area contributed by atoms with E-state index in [4.69, 9.17) is 4.74 Å².